The van der Waals surface area contributed by atoms with Crippen LogP contribution in [-0.4, -0.2) is 20.5 Å². The molecule has 20 heavy (non-hydrogen) atoms. The van der Waals surface area contributed by atoms with E-state index in [1.165, 1.54) is 0 Å². The van der Waals surface area contributed by atoms with E-state index in [0.29, 0.717) is 29.8 Å². The van der Waals surface area contributed by atoms with Crippen LogP contribution in [0, 0.1) is 0 Å². The lowest BCUT2D eigenvalue weighted by molar-refractivity contribution is 0.251. The first-order chi connectivity index (χ1) is 9.56. The van der Waals surface area contributed by atoms with Crippen LogP contribution in [0.3, 0.4) is 0 Å². The van der Waals surface area contributed by atoms with Crippen molar-refractivity contribution in [3.05, 3.63) is 35.8 Å². The Kier molecular flexibility index (Phi) is 5.13. The van der Waals surface area contributed by atoms with Crippen LogP contribution in [0.1, 0.15) is 30.3 Å². The quantitative estimate of drug-likeness (QED) is 0.852. The number of halogens is 2. The molecular weight excluding hydrogens is 286 g/mol. The third-order valence-corrected chi connectivity index (χ3v) is 3.49. The summed E-state index contributed by atoms with van der Waals surface area (Å²) in [6.07, 6.45) is 1.64. The summed E-state index contributed by atoms with van der Waals surface area (Å²) in [6.45, 7) is 2.48. The monoisotopic (exact) mass is 302 g/mol. The summed E-state index contributed by atoms with van der Waals surface area (Å²) in [4.78, 5) is 0. The van der Waals surface area contributed by atoms with Gasteiger partial charge in [0.15, 0.2) is 0 Å². The molecule has 0 amide bonds. The van der Waals surface area contributed by atoms with Gasteiger partial charge in [-0.1, -0.05) is 11.8 Å². The van der Waals surface area contributed by atoms with E-state index in [0.717, 1.165) is 5.82 Å². The molecule has 0 aromatic carbocycles. The number of hydrogen-bond acceptors (Lipinski definition) is 5. The third-order valence-electron chi connectivity index (χ3n) is 2.79. The van der Waals surface area contributed by atoms with Crippen LogP contribution in [0.2, 0.25) is 0 Å². The van der Waals surface area contributed by atoms with Gasteiger partial charge in [0.25, 0.3) is 5.76 Å². The highest BCUT2D eigenvalue weighted by Crippen LogP contribution is 2.21. The molecule has 1 N–H and O–H groups in total. The lowest BCUT2D eigenvalue weighted by Gasteiger charge is -2.11. The van der Waals surface area contributed by atoms with Crippen molar-refractivity contribution in [1.82, 2.24) is 20.1 Å². The zero-order chi connectivity index (χ0) is 14.5. The minimum atomic E-state index is -2.38. The summed E-state index contributed by atoms with van der Waals surface area (Å²) in [5.74, 6) is -0.110. The topological polar surface area (TPSA) is 55.9 Å². The van der Waals surface area contributed by atoms with Gasteiger partial charge in [-0.05, 0) is 19.1 Å². The molecule has 0 bridgehead atoms. The van der Waals surface area contributed by atoms with Crippen molar-refractivity contribution < 1.29 is 13.2 Å². The summed E-state index contributed by atoms with van der Waals surface area (Å²) in [6, 6.07) is 3.53. The van der Waals surface area contributed by atoms with Crippen molar-refractivity contribution in [3.8, 4) is 0 Å². The van der Waals surface area contributed by atoms with Crippen LogP contribution < -0.4 is 5.32 Å². The van der Waals surface area contributed by atoms with Gasteiger partial charge in [-0.25, -0.2) is 0 Å². The fourth-order valence-corrected chi connectivity index (χ4v) is 2.21. The minimum absolute atomic E-state index is 0.0199. The van der Waals surface area contributed by atoms with Gasteiger partial charge in [0.1, 0.15) is 23.7 Å². The summed E-state index contributed by atoms with van der Waals surface area (Å²) in [5, 5.41) is 11.1. The van der Waals surface area contributed by atoms with Crippen molar-refractivity contribution in [2.75, 3.05) is 0 Å². The molecule has 0 aliphatic carbocycles. The molecule has 0 aliphatic heterocycles. The molecular formula is C12H16F2N4OS. The first-order valence-electron chi connectivity index (χ1n) is 6.11. The fourth-order valence-electron chi connectivity index (χ4n) is 1.77. The number of aryl methyl sites for hydroxylation is 1. The Balaban J connectivity index is 1.83. The summed E-state index contributed by atoms with van der Waals surface area (Å²) < 4.78 is 31.5. The number of rotatable bonds is 7. The Morgan fingerprint density at radius 3 is 2.80 bits per heavy atom. The maximum atomic E-state index is 12.1. The highest BCUT2D eigenvalue weighted by atomic mass is 32.2. The molecule has 2 rings (SSSR count). The molecule has 5 nitrogen and oxygen atoms in total. The molecule has 0 radical (unpaired) electrons. The van der Waals surface area contributed by atoms with Gasteiger partial charge in [0, 0.05) is 7.05 Å². The molecule has 2 aromatic heterocycles. The van der Waals surface area contributed by atoms with Gasteiger partial charge in [-0.15, -0.1) is 10.2 Å². The highest BCUT2D eigenvalue weighted by Gasteiger charge is 2.12. The van der Waals surface area contributed by atoms with Gasteiger partial charge >= 0.3 is 0 Å². The predicted molar refractivity (Wildman–Crippen MR) is 72.3 cm³/mol. The van der Waals surface area contributed by atoms with Crippen molar-refractivity contribution >= 4 is 11.8 Å². The molecule has 110 valence electrons. The molecule has 1 atom stereocenters. The highest BCUT2D eigenvalue weighted by molar-refractivity contribution is 7.98. The summed E-state index contributed by atoms with van der Waals surface area (Å²) in [7, 11) is 1.88. The zero-order valence-electron chi connectivity index (χ0n) is 11.2. The molecule has 0 aliphatic rings. The van der Waals surface area contributed by atoms with Crippen molar-refractivity contribution in [2.24, 2.45) is 7.05 Å². The zero-order valence-corrected chi connectivity index (χ0v) is 12.0. The smallest absolute Gasteiger partial charge is 0.284 e. The van der Waals surface area contributed by atoms with Gasteiger partial charge in [0.05, 0.1) is 18.3 Å². The van der Waals surface area contributed by atoms with E-state index >= 15 is 0 Å². The van der Waals surface area contributed by atoms with E-state index in [4.69, 9.17) is 4.42 Å². The molecule has 8 heteroatoms. The van der Waals surface area contributed by atoms with Gasteiger partial charge in [-0.2, -0.15) is 8.78 Å². The fraction of sp³-hybridized carbons (Fsp3) is 0.500. The lowest BCUT2D eigenvalue weighted by atomic mass is 10.3. The Morgan fingerprint density at radius 1 is 1.40 bits per heavy atom. The van der Waals surface area contributed by atoms with Gasteiger partial charge in [-0.3, -0.25) is 0 Å². The number of nitrogens with one attached hydrogen (secondary N) is 1. The molecule has 1 unspecified atom stereocenters. The average molecular weight is 302 g/mol. The largest absolute Gasteiger partial charge is 0.464 e. The molecule has 0 saturated heterocycles. The van der Waals surface area contributed by atoms with E-state index in [1.807, 2.05) is 18.5 Å². The Hall–Kier alpha value is -1.41. The van der Waals surface area contributed by atoms with Crippen LogP contribution in [0.5, 0.6) is 0 Å². The van der Waals surface area contributed by atoms with Crippen LogP contribution >= 0.6 is 11.8 Å². The summed E-state index contributed by atoms with van der Waals surface area (Å²) in [5.41, 5.74) is 0. The second-order valence-electron chi connectivity index (χ2n) is 4.34. The Bertz CT molecular complexity index is 543. The summed E-state index contributed by atoms with van der Waals surface area (Å²) >= 11 is 0.553. The number of alkyl halides is 2. The molecule has 2 heterocycles. The van der Waals surface area contributed by atoms with Crippen molar-refractivity contribution in [3.63, 3.8) is 0 Å². The normalized spacial score (nSPS) is 13.1. The maximum absolute atomic E-state index is 12.1. The minimum Gasteiger partial charge on any atom is -0.464 e. The SMILES string of the molecule is CC(NCc1ccc(CSC(F)F)o1)c1nncn1C. The van der Waals surface area contributed by atoms with Crippen molar-refractivity contribution in [2.45, 2.75) is 31.0 Å². The number of nitrogens with zero attached hydrogens (tertiary/aromatic N) is 3. The number of furan rings is 1. The van der Waals surface area contributed by atoms with Crippen molar-refractivity contribution in [1.29, 1.82) is 0 Å². The van der Waals surface area contributed by atoms with Crippen LogP contribution in [-0.2, 0) is 19.3 Å². The van der Waals surface area contributed by atoms with Crippen LogP contribution in [0.4, 0.5) is 8.78 Å². The van der Waals surface area contributed by atoms with E-state index in [-0.39, 0.29) is 11.8 Å². The second kappa shape index (κ2) is 6.85. The average Bonchev–Trinajstić information content (AvgIpc) is 3.02. The van der Waals surface area contributed by atoms with Gasteiger partial charge in [0.2, 0.25) is 0 Å². The van der Waals surface area contributed by atoms with E-state index in [9.17, 15) is 8.78 Å². The number of hydrogen-bond donors (Lipinski definition) is 1. The molecule has 2 aromatic rings. The van der Waals surface area contributed by atoms with E-state index < -0.39 is 5.76 Å². The molecule has 0 fully saturated rings. The third kappa shape index (κ3) is 4.04. The molecule has 0 saturated carbocycles. The molecule has 0 spiro atoms. The first-order valence-corrected chi connectivity index (χ1v) is 7.15. The lowest BCUT2D eigenvalue weighted by Crippen LogP contribution is -2.20. The number of aromatic nitrogens is 3. The Labute approximate surface area is 119 Å². The van der Waals surface area contributed by atoms with E-state index in [2.05, 4.69) is 15.5 Å². The Morgan fingerprint density at radius 2 is 2.15 bits per heavy atom. The van der Waals surface area contributed by atoms with Gasteiger partial charge < -0.3 is 14.3 Å². The van der Waals surface area contributed by atoms with Crippen LogP contribution in [0.25, 0.3) is 0 Å². The second-order valence-corrected chi connectivity index (χ2v) is 5.32. The predicted octanol–water partition coefficient (Wildman–Crippen LogP) is 2.71. The number of thioether (sulfide) groups is 1. The standard InChI is InChI=1S/C12H16F2N4OS/c1-8(11-17-16-7-18(11)2)15-5-9-3-4-10(19-9)6-20-12(13)14/h3-4,7-8,12,15H,5-6H2,1-2H3. The maximum Gasteiger partial charge on any atom is 0.284 e. The first kappa shape index (κ1) is 15.0. The van der Waals surface area contributed by atoms with E-state index in [1.54, 1.807) is 18.5 Å². The van der Waals surface area contributed by atoms with Crippen LogP contribution in [0.15, 0.2) is 22.9 Å².